The predicted octanol–water partition coefficient (Wildman–Crippen LogP) is 3.26. The van der Waals surface area contributed by atoms with E-state index in [-0.39, 0.29) is 0 Å². The molecule has 2 aromatic heterocycles. The van der Waals surface area contributed by atoms with Crippen LogP contribution in [0.4, 0.5) is 11.6 Å². The molecule has 132 valence electrons. The molecular weight excluding hydrogens is 324 g/mol. The van der Waals surface area contributed by atoms with Gasteiger partial charge in [0, 0.05) is 38.8 Å². The normalized spacial score (nSPS) is 14.5. The fraction of sp³-hybridized carbons (Fsp3) is 0.300. The van der Waals surface area contributed by atoms with Gasteiger partial charge in [-0.3, -0.25) is 0 Å². The summed E-state index contributed by atoms with van der Waals surface area (Å²) in [4.78, 5) is 22.6. The van der Waals surface area contributed by atoms with Gasteiger partial charge >= 0.3 is 0 Å². The van der Waals surface area contributed by atoms with E-state index in [9.17, 15) is 0 Å². The highest BCUT2D eigenvalue weighted by Gasteiger charge is 2.13. The molecule has 1 aliphatic rings. The number of para-hydroxylation sites is 1. The predicted molar refractivity (Wildman–Crippen MR) is 106 cm³/mol. The second-order valence-corrected chi connectivity index (χ2v) is 6.62. The standard InChI is InChI=1S/C20H22N6/c1-25(2)20-15-7-3-4-8-16(15)22-18(24-20)10-9-17-21-12-11-19(23-17)26-13-5-6-14-26/h3-4,7-12H,5-6,13-14H2,1-2H3/b10-9+. The summed E-state index contributed by atoms with van der Waals surface area (Å²) in [6, 6.07) is 10.0. The fourth-order valence-electron chi connectivity index (χ4n) is 3.21. The van der Waals surface area contributed by atoms with Gasteiger partial charge in [-0.1, -0.05) is 12.1 Å². The number of hydrogen-bond donors (Lipinski definition) is 0. The molecule has 0 N–H and O–H groups in total. The molecule has 3 heterocycles. The molecule has 0 aliphatic carbocycles. The molecule has 6 heteroatoms. The molecule has 0 saturated carbocycles. The molecule has 0 spiro atoms. The van der Waals surface area contributed by atoms with Gasteiger partial charge in [-0.15, -0.1) is 0 Å². The van der Waals surface area contributed by atoms with Crippen molar-refractivity contribution in [1.29, 1.82) is 0 Å². The van der Waals surface area contributed by atoms with Crippen molar-refractivity contribution in [3.63, 3.8) is 0 Å². The van der Waals surface area contributed by atoms with Crippen molar-refractivity contribution in [3.8, 4) is 0 Å². The van der Waals surface area contributed by atoms with E-state index in [4.69, 9.17) is 0 Å². The number of nitrogens with zero attached hydrogens (tertiary/aromatic N) is 6. The van der Waals surface area contributed by atoms with Gasteiger partial charge in [0.1, 0.15) is 11.6 Å². The zero-order valence-corrected chi connectivity index (χ0v) is 15.1. The third kappa shape index (κ3) is 3.35. The highest BCUT2D eigenvalue weighted by molar-refractivity contribution is 5.90. The Bertz CT molecular complexity index is 944. The van der Waals surface area contributed by atoms with Crippen LogP contribution >= 0.6 is 0 Å². The van der Waals surface area contributed by atoms with Crippen LogP contribution < -0.4 is 9.80 Å². The lowest BCUT2D eigenvalue weighted by Gasteiger charge is -2.15. The minimum atomic E-state index is 0.655. The second-order valence-electron chi connectivity index (χ2n) is 6.62. The van der Waals surface area contributed by atoms with Crippen LogP contribution in [0.1, 0.15) is 24.5 Å². The first-order valence-corrected chi connectivity index (χ1v) is 8.91. The van der Waals surface area contributed by atoms with Crippen molar-refractivity contribution < 1.29 is 0 Å². The molecular formula is C20H22N6. The summed E-state index contributed by atoms with van der Waals surface area (Å²) in [5.74, 6) is 3.23. The Balaban J connectivity index is 1.65. The summed E-state index contributed by atoms with van der Waals surface area (Å²) in [5, 5.41) is 1.04. The minimum Gasteiger partial charge on any atom is -0.362 e. The Hall–Kier alpha value is -3.02. The Labute approximate surface area is 153 Å². The third-order valence-corrected chi connectivity index (χ3v) is 4.50. The molecule has 0 radical (unpaired) electrons. The molecule has 1 aliphatic heterocycles. The van der Waals surface area contributed by atoms with E-state index < -0.39 is 0 Å². The quantitative estimate of drug-likeness (QED) is 0.723. The summed E-state index contributed by atoms with van der Waals surface area (Å²) in [5.41, 5.74) is 0.928. The first-order valence-electron chi connectivity index (χ1n) is 8.91. The average molecular weight is 346 g/mol. The van der Waals surface area contributed by atoms with E-state index >= 15 is 0 Å². The molecule has 0 atom stereocenters. The Morgan fingerprint density at radius 1 is 0.923 bits per heavy atom. The van der Waals surface area contributed by atoms with Crippen molar-refractivity contribution in [2.75, 3.05) is 37.0 Å². The Morgan fingerprint density at radius 3 is 2.50 bits per heavy atom. The number of rotatable bonds is 4. The lowest BCUT2D eigenvalue weighted by atomic mass is 10.2. The van der Waals surface area contributed by atoms with E-state index in [0.717, 1.165) is 35.6 Å². The molecule has 1 saturated heterocycles. The van der Waals surface area contributed by atoms with E-state index in [1.807, 2.05) is 67.7 Å². The van der Waals surface area contributed by atoms with Crippen molar-refractivity contribution >= 4 is 34.7 Å². The van der Waals surface area contributed by atoms with Crippen LogP contribution in [0.25, 0.3) is 23.1 Å². The Morgan fingerprint density at radius 2 is 1.69 bits per heavy atom. The maximum atomic E-state index is 4.68. The zero-order valence-electron chi connectivity index (χ0n) is 15.1. The second kappa shape index (κ2) is 7.07. The number of aromatic nitrogens is 4. The Kier molecular flexibility index (Phi) is 4.48. The summed E-state index contributed by atoms with van der Waals surface area (Å²) >= 11 is 0. The van der Waals surface area contributed by atoms with Gasteiger partial charge in [-0.25, -0.2) is 19.9 Å². The van der Waals surface area contributed by atoms with Crippen LogP contribution in [-0.4, -0.2) is 47.1 Å². The number of fused-ring (bicyclic) bond motifs is 1. The number of hydrogen-bond acceptors (Lipinski definition) is 6. The monoisotopic (exact) mass is 346 g/mol. The molecule has 0 unspecified atom stereocenters. The maximum absolute atomic E-state index is 4.68. The summed E-state index contributed by atoms with van der Waals surface area (Å²) < 4.78 is 0. The van der Waals surface area contributed by atoms with Crippen LogP contribution in [0.2, 0.25) is 0 Å². The van der Waals surface area contributed by atoms with Crippen LogP contribution in [0, 0.1) is 0 Å². The summed E-state index contributed by atoms with van der Waals surface area (Å²) in [7, 11) is 3.98. The van der Waals surface area contributed by atoms with Gasteiger partial charge in [0.15, 0.2) is 11.6 Å². The fourth-order valence-corrected chi connectivity index (χ4v) is 3.21. The maximum Gasteiger partial charge on any atom is 0.155 e. The van der Waals surface area contributed by atoms with Crippen LogP contribution in [0.15, 0.2) is 36.5 Å². The van der Waals surface area contributed by atoms with E-state index in [1.54, 1.807) is 0 Å². The largest absolute Gasteiger partial charge is 0.362 e. The minimum absolute atomic E-state index is 0.655. The first-order chi connectivity index (χ1) is 12.7. The highest BCUT2D eigenvalue weighted by atomic mass is 15.2. The van der Waals surface area contributed by atoms with Crippen LogP contribution in [0.3, 0.4) is 0 Å². The lowest BCUT2D eigenvalue weighted by molar-refractivity contribution is 0.923. The van der Waals surface area contributed by atoms with Crippen molar-refractivity contribution in [2.45, 2.75) is 12.8 Å². The number of benzene rings is 1. The molecule has 0 bridgehead atoms. The van der Waals surface area contributed by atoms with Gasteiger partial charge in [-0.05, 0) is 43.2 Å². The third-order valence-electron chi connectivity index (χ3n) is 4.50. The lowest BCUT2D eigenvalue weighted by Crippen LogP contribution is -2.19. The smallest absolute Gasteiger partial charge is 0.155 e. The highest BCUT2D eigenvalue weighted by Crippen LogP contribution is 2.23. The van der Waals surface area contributed by atoms with Crippen LogP contribution in [-0.2, 0) is 0 Å². The zero-order chi connectivity index (χ0) is 17.9. The molecule has 4 rings (SSSR count). The topological polar surface area (TPSA) is 58.0 Å². The number of anilines is 2. The van der Waals surface area contributed by atoms with E-state index in [1.165, 1.54) is 12.8 Å². The van der Waals surface area contributed by atoms with Crippen molar-refractivity contribution in [2.24, 2.45) is 0 Å². The van der Waals surface area contributed by atoms with Gasteiger partial charge in [0.05, 0.1) is 5.52 Å². The van der Waals surface area contributed by atoms with E-state index in [0.29, 0.717) is 11.6 Å². The molecule has 26 heavy (non-hydrogen) atoms. The van der Waals surface area contributed by atoms with Crippen molar-refractivity contribution in [3.05, 3.63) is 48.2 Å². The molecule has 0 amide bonds. The van der Waals surface area contributed by atoms with Gasteiger partial charge in [0.25, 0.3) is 0 Å². The summed E-state index contributed by atoms with van der Waals surface area (Å²) in [6.07, 6.45) is 8.03. The van der Waals surface area contributed by atoms with Gasteiger partial charge in [0.2, 0.25) is 0 Å². The molecule has 1 fully saturated rings. The molecule has 6 nitrogen and oxygen atoms in total. The van der Waals surface area contributed by atoms with Crippen molar-refractivity contribution in [1.82, 2.24) is 19.9 Å². The van der Waals surface area contributed by atoms with Crippen LogP contribution in [0.5, 0.6) is 0 Å². The average Bonchev–Trinajstić information content (AvgIpc) is 3.20. The first kappa shape index (κ1) is 16.4. The summed E-state index contributed by atoms with van der Waals surface area (Å²) in [6.45, 7) is 2.14. The van der Waals surface area contributed by atoms with Gasteiger partial charge < -0.3 is 9.80 Å². The molecule has 1 aromatic carbocycles. The molecule has 3 aromatic rings. The SMILES string of the molecule is CN(C)c1nc(/C=C/c2nccc(N3CCCC3)n2)nc2ccccc12. The van der Waals surface area contributed by atoms with E-state index in [2.05, 4.69) is 24.8 Å². The van der Waals surface area contributed by atoms with Gasteiger partial charge in [-0.2, -0.15) is 0 Å².